The maximum absolute atomic E-state index is 12.6. The number of aliphatic hydroxyl groups excluding tert-OH is 1. The van der Waals surface area contributed by atoms with Crippen LogP contribution >= 0.6 is 11.6 Å². The van der Waals surface area contributed by atoms with Crippen LogP contribution < -0.4 is 0 Å². The number of hydrogen-bond donors (Lipinski definition) is 1. The van der Waals surface area contributed by atoms with Gasteiger partial charge in [-0.2, -0.15) is 4.31 Å². The molecule has 0 radical (unpaired) electrons. The number of rotatable bonds is 7. The van der Waals surface area contributed by atoms with E-state index in [9.17, 15) is 8.42 Å². The summed E-state index contributed by atoms with van der Waals surface area (Å²) >= 11 is 5.81. The van der Waals surface area contributed by atoms with Crippen LogP contribution in [0, 0.1) is 0 Å². The van der Waals surface area contributed by atoms with Crippen molar-refractivity contribution in [2.45, 2.75) is 11.3 Å². The largest absolute Gasteiger partial charge is 0.395 e. The van der Waals surface area contributed by atoms with E-state index in [2.05, 4.69) is 4.98 Å². The third-order valence-electron chi connectivity index (χ3n) is 3.16. The zero-order valence-corrected chi connectivity index (χ0v) is 13.5. The number of pyridine rings is 1. The molecule has 0 amide bonds. The summed E-state index contributed by atoms with van der Waals surface area (Å²) in [6.07, 6.45) is 3.20. The van der Waals surface area contributed by atoms with Gasteiger partial charge in [0, 0.05) is 25.5 Å². The Labute approximate surface area is 135 Å². The predicted octanol–water partition coefficient (Wildman–Crippen LogP) is 1.96. The van der Waals surface area contributed by atoms with E-state index in [4.69, 9.17) is 16.7 Å². The summed E-state index contributed by atoms with van der Waals surface area (Å²) < 4.78 is 26.5. The molecule has 1 heterocycles. The lowest BCUT2D eigenvalue weighted by Crippen LogP contribution is -2.35. The molecule has 22 heavy (non-hydrogen) atoms. The Morgan fingerprint density at radius 1 is 1.14 bits per heavy atom. The second kappa shape index (κ2) is 7.69. The van der Waals surface area contributed by atoms with Crippen LogP contribution in [0.4, 0.5) is 0 Å². The molecule has 5 nitrogen and oxygen atoms in total. The standard InChI is InChI=1S/C15H17ClN2O3S/c16-14-10-15(12-17-11-14)22(20,21)18(8-9-19)7-6-13-4-2-1-3-5-13/h1-5,10-12,19H,6-9H2. The van der Waals surface area contributed by atoms with Crippen LogP contribution in [0.25, 0.3) is 0 Å². The Morgan fingerprint density at radius 2 is 1.86 bits per heavy atom. The van der Waals surface area contributed by atoms with E-state index in [1.54, 1.807) is 0 Å². The Balaban J connectivity index is 2.19. The molecule has 0 atom stereocenters. The number of halogens is 1. The number of nitrogens with zero attached hydrogens (tertiary/aromatic N) is 2. The number of aromatic nitrogens is 1. The lowest BCUT2D eigenvalue weighted by atomic mass is 10.1. The SMILES string of the molecule is O=S(=O)(c1cncc(Cl)c1)N(CCO)CCc1ccccc1. The van der Waals surface area contributed by atoms with Gasteiger partial charge in [0.25, 0.3) is 0 Å². The molecule has 0 aliphatic heterocycles. The normalized spacial score (nSPS) is 11.8. The molecule has 0 spiro atoms. The second-order valence-electron chi connectivity index (χ2n) is 4.70. The summed E-state index contributed by atoms with van der Waals surface area (Å²) in [5.74, 6) is 0. The van der Waals surface area contributed by atoms with Gasteiger partial charge in [-0.3, -0.25) is 4.98 Å². The van der Waals surface area contributed by atoms with Gasteiger partial charge < -0.3 is 5.11 Å². The van der Waals surface area contributed by atoms with Gasteiger partial charge in [-0.1, -0.05) is 41.9 Å². The Morgan fingerprint density at radius 3 is 2.50 bits per heavy atom. The van der Waals surface area contributed by atoms with Crippen LogP contribution in [0.15, 0.2) is 53.7 Å². The van der Waals surface area contributed by atoms with E-state index in [1.165, 1.54) is 22.8 Å². The highest BCUT2D eigenvalue weighted by atomic mass is 35.5. The van der Waals surface area contributed by atoms with E-state index < -0.39 is 10.0 Å². The molecule has 7 heteroatoms. The molecule has 118 valence electrons. The lowest BCUT2D eigenvalue weighted by Gasteiger charge is -2.21. The van der Waals surface area contributed by atoms with E-state index in [-0.39, 0.29) is 29.6 Å². The van der Waals surface area contributed by atoms with Gasteiger partial charge in [0.2, 0.25) is 10.0 Å². The fourth-order valence-corrected chi connectivity index (χ4v) is 3.71. The minimum Gasteiger partial charge on any atom is -0.395 e. The fourth-order valence-electron chi connectivity index (χ4n) is 2.04. The van der Waals surface area contributed by atoms with E-state index in [0.717, 1.165) is 5.56 Å². The fraction of sp³-hybridized carbons (Fsp3) is 0.267. The number of hydrogen-bond acceptors (Lipinski definition) is 4. The molecule has 0 fully saturated rings. The highest BCUT2D eigenvalue weighted by molar-refractivity contribution is 7.89. The second-order valence-corrected chi connectivity index (χ2v) is 7.08. The Kier molecular flexibility index (Phi) is 5.90. The number of benzene rings is 1. The molecular formula is C15H17ClN2O3S. The topological polar surface area (TPSA) is 70.5 Å². The highest BCUT2D eigenvalue weighted by Gasteiger charge is 2.24. The summed E-state index contributed by atoms with van der Waals surface area (Å²) in [6, 6.07) is 10.9. The molecular weight excluding hydrogens is 324 g/mol. The smallest absolute Gasteiger partial charge is 0.244 e. The van der Waals surface area contributed by atoms with Crippen LogP contribution in [-0.4, -0.2) is 42.5 Å². The van der Waals surface area contributed by atoms with Gasteiger partial charge in [-0.05, 0) is 18.1 Å². The summed E-state index contributed by atoms with van der Waals surface area (Å²) in [5, 5.41) is 9.41. The zero-order valence-electron chi connectivity index (χ0n) is 11.9. The van der Waals surface area contributed by atoms with E-state index in [1.807, 2.05) is 30.3 Å². The molecule has 0 saturated carbocycles. The molecule has 0 aliphatic carbocycles. The first-order valence-electron chi connectivity index (χ1n) is 6.79. The van der Waals surface area contributed by atoms with Crippen molar-refractivity contribution in [3.8, 4) is 0 Å². The van der Waals surface area contributed by atoms with Crippen molar-refractivity contribution >= 4 is 21.6 Å². The van der Waals surface area contributed by atoms with Gasteiger partial charge in [-0.15, -0.1) is 0 Å². The van der Waals surface area contributed by atoms with Gasteiger partial charge in [0.05, 0.1) is 11.6 Å². The van der Waals surface area contributed by atoms with Crippen LogP contribution in [0.2, 0.25) is 5.02 Å². The molecule has 0 bridgehead atoms. The number of aliphatic hydroxyl groups is 1. The first kappa shape index (κ1) is 16.9. The summed E-state index contributed by atoms with van der Waals surface area (Å²) in [5.41, 5.74) is 1.03. The van der Waals surface area contributed by atoms with Crippen LogP contribution in [0.1, 0.15) is 5.56 Å². The van der Waals surface area contributed by atoms with E-state index >= 15 is 0 Å². The molecule has 1 N–H and O–H groups in total. The van der Waals surface area contributed by atoms with Gasteiger partial charge in [-0.25, -0.2) is 8.42 Å². The van der Waals surface area contributed by atoms with Crippen molar-refractivity contribution in [1.82, 2.24) is 9.29 Å². The first-order valence-corrected chi connectivity index (χ1v) is 8.61. The minimum absolute atomic E-state index is 0.0292. The Bertz CT molecular complexity index is 708. The first-order chi connectivity index (χ1) is 10.5. The average molecular weight is 341 g/mol. The third-order valence-corrected chi connectivity index (χ3v) is 5.23. The molecule has 2 rings (SSSR count). The molecule has 1 aromatic heterocycles. The minimum atomic E-state index is -3.73. The quantitative estimate of drug-likeness (QED) is 0.836. The van der Waals surface area contributed by atoms with Gasteiger partial charge >= 0.3 is 0 Å². The van der Waals surface area contributed by atoms with Gasteiger partial charge in [0.1, 0.15) is 4.90 Å². The van der Waals surface area contributed by atoms with Crippen molar-refractivity contribution in [2.24, 2.45) is 0 Å². The van der Waals surface area contributed by atoms with Gasteiger partial charge in [0.15, 0.2) is 0 Å². The maximum Gasteiger partial charge on any atom is 0.244 e. The van der Waals surface area contributed by atoms with Crippen LogP contribution in [0.3, 0.4) is 0 Å². The molecule has 0 saturated heterocycles. The summed E-state index contributed by atoms with van der Waals surface area (Å²) in [7, 11) is -3.73. The van der Waals surface area contributed by atoms with Crippen LogP contribution in [-0.2, 0) is 16.4 Å². The third kappa shape index (κ3) is 4.27. The monoisotopic (exact) mass is 340 g/mol. The molecule has 0 unspecified atom stereocenters. The predicted molar refractivity (Wildman–Crippen MR) is 85.2 cm³/mol. The van der Waals surface area contributed by atoms with E-state index in [0.29, 0.717) is 6.42 Å². The van der Waals surface area contributed by atoms with Crippen molar-refractivity contribution in [2.75, 3.05) is 19.7 Å². The zero-order chi connectivity index (χ0) is 16.0. The molecule has 0 aliphatic rings. The van der Waals surface area contributed by atoms with Crippen molar-refractivity contribution in [3.05, 3.63) is 59.4 Å². The van der Waals surface area contributed by atoms with Crippen molar-refractivity contribution in [3.63, 3.8) is 0 Å². The Hall–Kier alpha value is -1.47. The molecule has 2 aromatic rings. The van der Waals surface area contributed by atoms with Crippen molar-refractivity contribution < 1.29 is 13.5 Å². The molecule has 1 aromatic carbocycles. The maximum atomic E-state index is 12.6. The van der Waals surface area contributed by atoms with Crippen molar-refractivity contribution in [1.29, 1.82) is 0 Å². The summed E-state index contributed by atoms with van der Waals surface area (Å²) in [4.78, 5) is 3.84. The highest BCUT2D eigenvalue weighted by Crippen LogP contribution is 2.18. The number of sulfonamides is 1. The summed E-state index contributed by atoms with van der Waals surface area (Å²) in [6.45, 7) is 0.0586. The average Bonchev–Trinajstić information content (AvgIpc) is 2.52. The lowest BCUT2D eigenvalue weighted by molar-refractivity contribution is 0.254. The van der Waals surface area contributed by atoms with Crippen LogP contribution in [0.5, 0.6) is 0 Å².